The van der Waals surface area contributed by atoms with Crippen molar-refractivity contribution < 1.29 is 4.79 Å². The average Bonchev–Trinajstić information content (AvgIpc) is 3.13. The summed E-state index contributed by atoms with van der Waals surface area (Å²) in [6.07, 6.45) is 5.38. The van der Waals surface area contributed by atoms with Crippen LogP contribution < -0.4 is 5.32 Å². The Morgan fingerprint density at radius 2 is 2.38 bits per heavy atom. The first-order valence-corrected chi connectivity index (χ1v) is 9.40. The molecule has 0 spiro atoms. The van der Waals surface area contributed by atoms with E-state index < -0.39 is 0 Å². The van der Waals surface area contributed by atoms with Crippen LogP contribution in [0.1, 0.15) is 26.2 Å². The minimum absolute atomic E-state index is 0.0304. The van der Waals surface area contributed by atoms with Crippen molar-refractivity contribution in [2.75, 3.05) is 31.2 Å². The summed E-state index contributed by atoms with van der Waals surface area (Å²) in [6, 6.07) is 0.805. The highest BCUT2D eigenvalue weighted by Crippen LogP contribution is 2.27. The molecule has 0 bridgehead atoms. The lowest BCUT2D eigenvalue weighted by molar-refractivity contribution is 0.0767. The summed E-state index contributed by atoms with van der Waals surface area (Å²) in [5.74, 6) is 0. The highest BCUT2D eigenvalue weighted by atomic mass is 32.2. The molecule has 2 aliphatic rings. The van der Waals surface area contributed by atoms with Crippen LogP contribution in [0.15, 0.2) is 5.16 Å². The van der Waals surface area contributed by atoms with Crippen LogP contribution in [0.4, 0.5) is 9.93 Å². The van der Waals surface area contributed by atoms with Crippen molar-refractivity contribution in [2.24, 2.45) is 0 Å². The summed E-state index contributed by atoms with van der Waals surface area (Å²) in [4.78, 5) is 21.4. The predicted molar refractivity (Wildman–Crippen MR) is 86.1 cm³/mol. The number of nitrogens with one attached hydrogen (secondary N) is 1. The molecule has 2 amide bonds. The monoisotopic (exact) mass is 327 g/mol. The Balaban J connectivity index is 1.67. The third-order valence-corrected chi connectivity index (χ3v) is 5.62. The molecule has 2 atom stereocenters. The number of nitrogens with zero attached hydrogens (tertiary/aromatic N) is 4. The minimum Gasteiger partial charge on any atom is -0.319 e. The summed E-state index contributed by atoms with van der Waals surface area (Å²) in [5.41, 5.74) is 0. The van der Waals surface area contributed by atoms with Gasteiger partial charge in [0, 0.05) is 36.7 Å². The van der Waals surface area contributed by atoms with Gasteiger partial charge in [0.25, 0.3) is 0 Å². The standard InChI is InChI=1S/C13H21N5OS2/c1-3-9-7-17-6-4-5-10(17)8-18(9)13(19)15-11-14-12(20-2)16-21-11/h9-10H,3-8H2,1-2H3,(H,14,15,16,19). The van der Waals surface area contributed by atoms with Crippen molar-refractivity contribution in [3.05, 3.63) is 0 Å². The maximum atomic E-state index is 12.6. The zero-order valence-electron chi connectivity index (χ0n) is 12.4. The molecule has 21 heavy (non-hydrogen) atoms. The molecule has 0 aliphatic carbocycles. The number of thioether (sulfide) groups is 1. The van der Waals surface area contributed by atoms with E-state index in [0.717, 1.165) is 19.5 Å². The number of carbonyl (C=O) groups is 1. The van der Waals surface area contributed by atoms with Crippen molar-refractivity contribution in [1.82, 2.24) is 19.2 Å². The maximum absolute atomic E-state index is 12.6. The zero-order chi connectivity index (χ0) is 14.8. The SMILES string of the molecule is CCC1CN2CCCC2CN1C(=O)Nc1nc(SC)ns1. The molecule has 2 aliphatic heterocycles. The van der Waals surface area contributed by atoms with Crippen molar-refractivity contribution >= 4 is 34.5 Å². The lowest BCUT2D eigenvalue weighted by atomic mass is 10.1. The quantitative estimate of drug-likeness (QED) is 0.864. The van der Waals surface area contributed by atoms with Gasteiger partial charge in [-0.05, 0) is 32.1 Å². The Bertz CT molecular complexity index is 509. The number of anilines is 1. The van der Waals surface area contributed by atoms with Gasteiger partial charge in [-0.2, -0.15) is 9.36 Å². The molecule has 8 heteroatoms. The van der Waals surface area contributed by atoms with Crippen LogP contribution in [-0.4, -0.2) is 63.2 Å². The van der Waals surface area contributed by atoms with E-state index in [4.69, 9.17) is 0 Å². The molecule has 2 unspecified atom stereocenters. The largest absolute Gasteiger partial charge is 0.324 e. The summed E-state index contributed by atoms with van der Waals surface area (Å²) < 4.78 is 4.18. The first kappa shape index (κ1) is 15.1. The molecule has 1 aromatic heterocycles. The van der Waals surface area contributed by atoms with E-state index in [9.17, 15) is 4.79 Å². The van der Waals surface area contributed by atoms with E-state index in [2.05, 4.69) is 26.5 Å². The molecule has 1 aromatic rings. The number of carbonyl (C=O) groups excluding carboxylic acids is 1. The van der Waals surface area contributed by atoms with E-state index in [0.29, 0.717) is 22.4 Å². The molecule has 0 aromatic carbocycles. The number of piperazine rings is 1. The first-order chi connectivity index (χ1) is 10.2. The molecule has 6 nitrogen and oxygen atoms in total. The van der Waals surface area contributed by atoms with Gasteiger partial charge in [-0.3, -0.25) is 10.2 Å². The molecular weight excluding hydrogens is 306 g/mol. The number of rotatable bonds is 3. The van der Waals surface area contributed by atoms with E-state index in [1.165, 1.54) is 42.7 Å². The van der Waals surface area contributed by atoms with Gasteiger partial charge in [0.2, 0.25) is 10.3 Å². The third-order valence-electron chi connectivity index (χ3n) is 4.33. The van der Waals surface area contributed by atoms with Crippen molar-refractivity contribution in [1.29, 1.82) is 0 Å². The number of aromatic nitrogens is 2. The van der Waals surface area contributed by atoms with Gasteiger partial charge in [-0.25, -0.2) is 4.79 Å². The Hall–Kier alpha value is -0.860. The Labute approximate surface area is 133 Å². The lowest BCUT2D eigenvalue weighted by Gasteiger charge is -2.43. The van der Waals surface area contributed by atoms with Gasteiger partial charge in [0.1, 0.15) is 0 Å². The fraction of sp³-hybridized carbons (Fsp3) is 0.769. The van der Waals surface area contributed by atoms with Gasteiger partial charge < -0.3 is 4.90 Å². The van der Waals surface area contributed by atoms with Crippen molar-refractivity contribution in [3.63, 3.8) is 0 Å². The van der Waals surface area contributed by atoms with Gasteiger partial charge in [-0.15, -0.1) is 0 Å². The molecule has 3 rings (SSSR count). The number of urea groups is 1. The Morgan fingerprint density at radius 1 is 1.52 bits per heavy atom. The van der Waals surface area contributed by atoms with E-state index >= 15 is 0 Å². The number of amides is 2. The van der Waals surface area contributed by atoms with E-state index in [-0.39, 0.29) is 6.03 Å². The second kappa shape index (κ2) is 6.50. The fourth-order valence-corrected chi connectivity index (χ4v) is 4.31. The molecular formula is C13H21N5OS2. The Morgan fingerprint density at radius 3 is 3.10 bits per heavy atom. The maximum Gasteiger partial charge on any atom is 0.324 e. The van der Waals surface area contributed by atoms with Crippen LogP contribution in [0.5, 0.6) is 0 Å². The van der Waals surface area contributed by atoms with Gasteiger partial charge >= 0.3 is 6.03 Å². The van der Waals surface area contributed by atoms with Crippen LogP contribution in [0.3, 0.4) is 0 Å². The first-order valence-electron chi connectivity index (χ1n) is 7.40. The molecule has 116 valence electrons. The molecule has 2 saturated heterocycles. The Kier molecular flexibility index (Phi) is 4.66. The topological polar surface area (TPSA) is 61.4 Å². The number of hydrogen-bond donors (Lipinski definition) is 1. The van der Waals surface area contributed by atoms with Gasteiger partial charge in [0.05, 0.1) is 0 Å². The number of fused-ring (bicyclic) bond motifs is 1. The highest BCUT2D eigenvalue weighted by Gasteiger charge is 2.37. The minimum atomic E-state index is -0.0304. The zero-order valence-corrected chi connectivity index (χ0v) is 14.0. The molecule has 3 heterocycles. The summed E-state index contributed by atoms with van der Waals surface area (Å²) in [7, 11) is 0. The van der Waals surface area contributed by atoms with Crippen LogP contribution in [0, 0.1) is 0 Å². The predicted octanol–water partition coefficient (Wildman–Crippen LogP) is 2.35. The summed E-state index contributed by atoms with van der Waals surface area (Å²) >= 11 is 2.73. The van der Waals surface area contributed by atoms with Crippen molar-refractivity contribution in [3.8, 4) is 0 Å². The smallest absolute Gasteiger partial charge is 0.319 e. The van der Waals surface area contributed by atoms with E-state index in [1.807, 2.05) is 11.2 Å². The van der Waals surface area contributed by atoms with Crippen LogP contribution in [0.25, 0.3) is 0 Å². The van der Waals surface area contributed by atoms with Crippen molar-refractivity contribution in [2.45, 2.75) is 43.4 Å². The fourth-order valence-electron chi connectivity index (χ4n) is 3.19. The molecule has 1 N–H and O–H groups in total. The van der Waals surface area contributed by atoms with Gasteiger partial charge in [0.15, 0.2) is 0 Å². The second-order valence-corrected chi connectivity index (χ2v) is 7.05. The molecule has 2 fully saturated rings. The van der Waals surface area contributed by atoms with Gasteiger partial charge in [-0.1, -0.05) is 18.7 Å². The normalized spacial score (nSPS) is 25.9. The third kappa shape index (κ3) is 3.17. The molecule has 0 saturated carbocycles. The molecule has 0 radical (unpaired) electrons. The average molecular weight is 327 g/mol. The number of hydrogen-bond acceptors (Lipinski definition) is 6. The van der Waals surface area contributed by atoms with E-state index in [1.54, 1.807) is 0 Å². The van der Waals surface area contributed by atoms with Crippen LogP contribution in [-0.2, 0) is 0 Å². The highest BCUT2D eigenvalue weighted by molar-refractivity contribution is 7.98. The van der Waals surface area contributed by atoms with Crippen LogP contribution in [0.2, 0.25) is 0 Å². The second-order valence-electron chi connectivity index (χ2n) is 5.52. The lowest BCUT2D eigenvalue weighted by Crippen LogP contribution is -2.58. The summed E-state index contributed by atoms with van der Waals surface area (Å²) in [6.45, 7) is 5.17. The van der Waals surface area contributed by atoms with Crippen LogP contribution >= 0.6 is 23.3 Å². The summed E-state index contributed by atoms with van der Waals surface area (Å²) in [5, 5.41) is 4.21.